The number of ether oxygens (including phenoxy) is 1. The second-order valence-corrected chi connectivity index (χ2v) is 8.86. The maximum Gasteiger partial charge on any atom is 0.261 e. The molecule has 0 aliphatic heterocycles. The Bertz CT molecular complexity index is 1020. The summed E-state index contributed by atoms with van der Waals surface area (Å²) in [5.74, 6) is 0.229. The number of amides is 2. The third-order valence-electron chi connectivity index (χ3n) is 4.36. The molecule has 3 aromatic rings. The molecule has 0 aliphatic rings. The van der Waals surface area contributed by atoms with E-state index in [1.165, 1.54) is 35.8 Å². The molecule has 9 heteroatoms. The van der Waals surface area contributed by atoms with Gasteiger partial charge < -0.3 is 10.1 Å². The van der Waals surface area contributed by atoms with Crippen LogP contribution < -0.4 is 15.4 Å². The largest absolute Gasteiger partial charge is 0.496 e. The van der Waals surface area contributed by atoms with Crippen molar-refractivity contribution < 1.29 is 14.3 Å². The van der Waals surface area contributed by atoms with Gasteiger partial charge in [-0.2, -0.15) is 0 Å². The van der Waals surface area contributed by atoms with E-state index in [1.54, 1.807) is 24.3 Å². The lowest BCUT2D eigenvalue weighted by Crippen LogP contribution is -2.13. The van der Waals surface area contributed by atoms with Crippen LogP contribution in [0, 0.1) is 0 Å². The van der Waals surface area contributed by atoms with Crippen molar-refractivity contribution in [3.63, 3.8) is 0 Å². The van der Waals surface area contributed by atoms with Gasteiger partial charge in [0.15, 0.2) is 4.34 Å². The van der Waals surface area contributed by atoms with Crippen molar-refractivity contribution in [2.24, 2.45) is 0 Å². The van der Waals surface area contributed by atoms with Gasteiger partial charge in [-0.15, -0.1) is 10.2 Å². The zero-order valence-corrected chi connectivity index (χ0v) is 19.0. The van der Waals surface area contributed by atoms with E-state index in [9.17, 15) is 9.59 Å². The second-order valence-electron chi connectivity index (χ2n) is 6.66. The van der Waals surface area contributed by atoms with Crippen LogP contribution in [0.4, 0.5) is 10.8 Å². The van der Waals surface area contributed by atoms with Crippen LogP contribution in [0.3, 0.4) is 0 Å². The highest BCUT2D eigenvalue weighted by Gasteiger charge is 2.15. The minimum Gasteiger partial charge on any atom is -0.496 e. The Morgan fingerprint density at radius 2 is 1.84 bits per heavy atom. The van der Waals surface area contributed by atoms with Gasteiger partial charge in [0, 0.05) is 5.69 Å². The number of hydrogen-bond acceptors (Lipinski definition) is 7. The maximum atomic E-state index is 12.4. The first-order valence-electron chi connectivity index (χ1n) is 9.88. The number of unbranched alkanes of at least 4 members (excludes halogenated alkanes) is 1. The van der Waals surface area contributed by atoms with Crippen LogP contribution in [-0.4, -0.2) is 34.9 Å². The Morgan fingerprint density at radius 1 is 1.06 bits per heavy atom. The smallest absolute Gasteiger partial charge is 0.261 e. The van der Waals surface area contributed by atoms with Crippen molar-refractivity contribution in [3.8, 4) is 5.75 Å². The van der Waals surface area contributed by atoms with Crippen LogP contribution >= 0.6 is 23.1 Å². The summed E-state index contributed by atoms with van der Waals surface area (Å²) in [6.07, 6.45) is 3.37. The number of nitrogens with one attached hydrogen (secondary N) is 2. The van der Waals surface area contributed by atoms with Gasteiger partial charge in [0.25, 0.3) is 5.91 Å². The standard InChI is InChI=1S/C22H24N4O3S2/c1-3-4-7-15-10-12-16(13-11-15)23-19(27)14-30-22-26-25-21(31-22)24-20(28)17-8-5-6-9-18(17)29-2/h5-6,8-13H,3-4,7,14H2,1-2H3,(H,23,27)(H,24,25,28). The highest BCUT2D eigenvalue weighted by atomic mass is 32.2. The summed E-state index contributed by atoms with van der Waals surface area (Å²) in [6.45, 7) is 2.17. The average molecular weight is 457 g/mol. The van der Waals surface area contributed by atoms with E-state index in [0.29, 0.717) is 20.8 Å². The molecule has 31 heavy (non-hydrogen) atoms. The van der Waals surface area contributed by atoms with Crippen LogP contribution in [0.2, 0.25) is 0 Å². The number of rotatable bonds is 10. The molecule has 0 saturated carbocycles. The summed E-state index contributed by atoms with van der Waals surface area (Å²) in [5, 5.41) is 14.0. The minimum absolute atomic E-state index is 0.124. The van der Waals surface area contributed by atoms with Crippen LogP contribution in [0.25, 0.3) is 0 Å². The SMILES string of the molecule is CCCCc1ccc(NC(=O)CSc2nnc(NC(=O)c3ccccc3OC)s2)cc1. The first-order valence-corrected chi connectivity index (χ1v) is 11.7. The molecule has 2 amide bonds. The number of aromatic nitrogens is 2. The number of aryl methyl sites for hydroxylation is 1. The number of carbonyl (C=O) groups is 2. The van der Waals surface area contributed by atoms with Crippen molar-refractivity contribution in [2.45, 2.75) is 30.5 Å². The number of para-hydroxylation sites is 1. The molecule has 2 N–H and O–H groups in total. The third-order valence-corrected chi connectivity index (χ3v) is 6.33. The highest BCUT2D eigenvalue weighted by Crippen LogP contribution is 2.27. The number of hydrogen-bond donors (Lipinski definition) is 2. The monoisotopic (exact) mass is 456 g/mol. The van der Waals surface area contributed by atoms with E-state index in [0.717, 1.165) is 24.9 Å². The molecule has 7 nitrogen and oxygen atoms in total. The molecule has 162 valence electrons. The van der Waals surface area contributed by atoms with Crippen LogP contribution in [0.1, 0.15) is 35.7 Å². The number of methoxy groups -OCH3 is 1. The molecule has 0 radical (unpaired) electrons. The molecule has 0 saturated heterocycles. The number of benzene rings is 2. The normalized spacial score (nSPS) is 10.5. The molecule has 2 aromatic carbocycles. The summed E-state index contributed by atoms with van der Waals surface area (Å²) < 4.78 is 5.80. The predicted octanol–water partition coefficient (Wildman–Crippen LogP) is 4.87. The van der Waals surface area contributed by atoms with Gasteiger partial charge in [0.1, 0.15) is 5.75 Å². The van der Waals surface area contributed by atoms with E-state index < -0.39 is 0 Å². The van der Waals surface area contributed by atoms with Gasteiger partial charge in [-0.25, -0.2) is 0 Å². The Kier molecular flexibility index (Phi) is 8.43. The lowest BCUT2D eigenvalue weighted by molar-refractivity contribution is -0.113. The molecular weight excluding hydrogens is 432 g/mol. The fourth-order valence-corrected chi connectivity index (χ4v) is 4.32. The van der Waals surface area contributed by atoms with Crippen molar-refractivity contribution in [3.05, 3.63) is 59.7 Å². The van der Waals surface area contributed by atoms with E-state index in [2.05, 4.69) is 27.8 Å². The molecule has 1 heterocycles. The second kappa shape index (κ2) is 11.5. The van der Waals surface area contributed by atoms with Gasteiger partial charge in [-0.1, -0.05) is 60.7 Å². The molecule has 1 aromatic heterocycles. The quantitative estimate of drug-likeness (QED) is 0.334. The van der Waals surface area contributed by atoms with Crippen molar-refractivity contribution >= 4 is 45.7 Å². The molecule has 0 aliphatic carbocycles. The summed E-state index contributed by atoms with van der Waals surface area (Å²) >= 11 is 2.49. The van der Waals surface area contributed by atoms with Crippen LogP contribution in [-0.2, 0) is 11.2 Å². The molecule has 0 spiro atoms. The van der Waals surface area contributed by atoms with E-state index in [4.69, 9.17) is 4.74 Å². The minimum atomic E-state index is -0.328. The number of thioether (sulfide) groups is 1. The molecule has 0 fully saturated rings. The number of nitrogens with zero attached hydrogens (tertiary/aromatic N) is 2. The van der Waals surface area contributed by atoms with Gasteiger partial charge in [-0.05, 0) is 42.7 Å². The Morgan fingerprint density at radius 3 is 2.58 bits per heavy atom. The zero-order chi connectivity index (χ0) is 22.1. The van der Waals surface area contributed by atoms with Crippen molar-refractivity contribution in [1.29, 1.82) is 0 Å². The summed E-state index contributed by atoms with van der Waals surface area (Å²) in [7, 11) is 1.51. The molecule has 0 bridgehead atoms. The van der Waals surface area contributed by atoms with Crippen molar-refractivity contribution in [2.75, 3.05) is 23.5 Å². The Labute approximate surface area is 189 Å². The molecule has 0 unspecified atom stereocenters. The van der Waals surface area contributed by atoms with Crippen molar-refractivity contribution in [1.82, 2.24) is 10.2 Å². The third kappa shape index (κ3) is 6.80. The molecule has 3 rings (SSSR count). The number of anilines is 2. The topological polar surface area (TPSA) is 93.2 Å². The fraction of sp³-hybridized carbons (Fsp3) is 0.273. The van der Waals surface area contributed by atoms with Gasteiger partial charge in [0.2, 0.25) is 11.0 Å². The first kappa shape index (κ1) is 22.8. The van der Waals surface area contributed by atoms with Gasteiger partial charge in [-0.3, -0.25) is 14.9 Å². The van der Waals surface area contributed by atoms with Gasteiger partial charge >= 0.3 is 0 Å². The average Bonchev–Trinajstić information content (AvgIpc) is 3.24. The lowest BCUT2D eigenvalue weighted by atomic mass is 10.1. The van der Waals surface area contributed by atoms with Crippen LogP contribution in [0.15, 0.2) is 52.9 Å². The summed E-state index contributed by atoms with van der Waals surface area (Å²) in [5.41, 5.74) is 2.45. The zero-order valence-electron chi connectivity index (χ0n) is 17.4. The highest BCUT2D eigenvalue weighted by molar-refractivity contribution is 8.01. The summed E-state index contributed by atoms with van der Waals surface area (Å²) in [6, 6.07) is 14.9. The molecular formula is C22H24N4O3S2. The predicted molar refractivity (Wildman–Crippen MR) is 125 cm³/mol. The van der Waals surface area contributed by atoms with E-state index in [-0.39, 0.29) is 17.6 Å². The first-order chi connectivity index (χ1) is 15.1. The maximum absolute atomic E-state index is 12.4. The lowest BCUT2D eigenvalue weighted by Gasteiger charge is -2.06. The fourth-order valence-electron chi connectivity index (χ4n) is 2.78. The van der Waals surface area contributed by atoms with Gasteiger partial charge in [0.05, 0.1) is 18.4 Å². The van der Waals surface area contributed by atoms with Crippen LogP contribution in [0.5, 0.6) is 5.75 Å². The Balaban J connectivity index is 1.48. The summed E-state index contributed by atoms with van der Waals surface area (Å²) in [4.78, 5) is 24.7. The van der Waals surface area contributed by atoms with E-state index in [1.807, 2.05) is 24.3 Å². The Hall–Kier alpha value is -2.91. The number of carbonyl (C=O) groups excluding carboxylic acids is 2. The van der Waals surface area contributed by atoms with E-state index >= 15 is 0 Å². The molecule has 0 atom stereocenters.